The molecule has 2 N–H and O–H groups in total. The van der Waals surface area contributed by atoms with Gasteiger partial charge in [0, 0.05) is 13.1 Å². The number of nitrogens with zero attached hydrogens (tertiary/aromatic N) is 2. The molecule has 0 saturated heterocycles. The Morgan fingerprint density at radius 3 is 1.26 bits per heavy atom. The number of hydrogen-bond acceptors (Lipinski definition) is 4. The van der Waals surface area contributed by atoms with Crippen LogP contribution in [0, 0.1) is 0 Å². The Balaban J connectivity index is 3.90. The highest BCUT2D eigenvalue weighted by Gasteiger charge is 2.09. The van der Waals surface area contributed by atoms with Gasteiger partial charge in [-0.15, -0.1) is 0 Å². The number of unbranched alkanes of at least 4 members (excludes halogenated alkanes) is 4. The van der Waals surface area contributed by atoms with Crippen molar-refractivity contribution in [2.75, 3.05) is 39.3 Å². The molecular formula is C19H42N2O2. The molecule has 0 fully saturated rings. The molecule has 2 unspecified atom stereocenters. The zero-order valence-corrected chi connectivity index (χ0v) is 16.1. The Kier molecular flexibility index (Phi) is 15.3. The predicted molar refractivity (Wildman–Crippen MR) is 99.9 cm³/mol. The third kappa shape index (κ3) is 15.1. The minimum atomic E-state index is -0.234. The molecule has 0 heterocycles. The van der Waals surface area contributed by atoms with Crippen molar-refractivity contribution in [3.05, 3.63) is 0 Å². The van der Waals surface area contributed by atoms with Gasteiger partial charge in [-0.1, -0.05) is 33.1 Å². The van der Waals surface area contributed by atoms with Gasteiger partial charge in [-0.05, 0) is 65.7 Å². The van der Waals surface area contributed by atoms with E-state index in [1.165, 1.54) is 44.9 Å². The van der Waals surface area contributed by atoms with Crippen LogP contribution in [0.25, 0.3) is 0 Å². The summed E-state index contributed by atoms with van der Waals surface area (Å²) in [5.74, 6) is 0. The molecule has 0 aliphatic heterocycles. The first-order valence-corrected chi connectivity index (χ1v) is 9.80. The highest BCUT2D eigenvalue weighted by atomic mass is 16.3. The number of hydrogen-bond donors (Lipinski definition) is 2. The van der Waals surface area contributed by atoms with Crippen molar-refractivity contribution in [2.24, 2.45) is 0 Å². The van der Waals surface area contributed by atoms with Crippen molar-refractivity contribution in [1.82, 2.24) is 9.80 Å². The predicted octanol–water partition coefficient (Wildman–Crippen LogP) is 3.12. The van der Waals surface area contributed by atoms with E-state index in [1.54, 1.807) is 0 Å². The van der Waals surface area contributed by atoms with Gasteiger partial charge in [-0.3, -0.25) is 0 Å². The molecule has 0 saturated carbocycles. The van der Waals surface area contributed by atoms with Gasteiger partial charge in [0.1, 0.15) is 0 Å². The number of aliphatic hydroxyl groups excluding tert-OH is 2. The molecule has 0 aromatic heterocycles. The van der Waals surface area contributed by atoms with E-state index in [4.69, 9.17) is 0 Å². The first-order valence-electron chi connectivity index (χ1n) is 9.80. The lowest BCUT2D eigenvalue weighted by atomic mass is 10.2. The molecule has 0 aromatic carbocycles. The van der Waals surface area contributed by atoms with Crippen LogP contribution >= 0.6 is 0 Å². The van der Waals surface area contributed by atoms with E-state index in [-0.39, 0.29) is 12.2 Å². The molecule has 4 heteroatoms. The first-order chi connectivity index (χ1) is 11.0. The van der Waals surface area contributed by atoms with E-state index in [0.29, 0.717) is 0 Å². The quantitative estimate of drug-likeness (QED) is 0.427. The van der Waals surface area contributed by atoms with E-state index in [0.717, 1.165) is 39.3 Å². The van der Waals surface area contributed by atoms with E-state index >= 15 is 0 Å². The minimum Gasteiger partial charge on any atom is -0.392 e. The average Bonchev–Trinajstić information content (AvgIpc) is 2.48. The van der Waals surface area contributed by atoms with Crippen molar-refractivity contribution >= 4 is 0 Å². The van der Waals surface area contributed by atoms with Gasteiger partial charge in [-0.2, -0.15) is 0 Å². The van der Waals surface area contributed by atoms with Gasteiger partial charge in [-0.25, -0.2) is 0 Å². The molecule has 0 bridgehead atoms. The van der Waals surface area contributed by atoms with Gasteiger partial charge in [0.15, 0.2) is 0 Å². The van der Waals surface area contributed by atoms with Crippen LogP contribution in [0.5, 0.6) is 0 Å². The van der Waals surface area contributed by atoms with Crippen LogP contribution in [-0.4, -0.2) is 71.5 Å². The van der Waals surface area contributed by atoms with Crippen molar-refractivity contribution < 1.29 is 10.2 Å². The molecule has 4 nitrogen and oxygen atoms in total. The van der Waals surface area contributed by atoms with Crippen LogP contribution < -0.4 is 0 Å². The fraction of sp³-hybridized carbons (Fsp3) is 1.00. The monoisotopic (exact) mass is 330 g/mol. The second kappa shape index (κ2) is 15.4. The summed E-state index contributed by atoms with van der Waals surface area (Å²) in [6.07, 6.45) is 8.01. The molecule has 0 aliphatic rings. The fourth-order valence-electron chi connectivity index (χ4n) is 2.95. The van der Waals surface area contributed by atoms with Gasteiger partial charge >= 0.3 is 0 Å². The summed E-state index contributed by atoms with van der Waals surface area (Å²) in [7, 11) is 0. The Morgan fingerprint density at radius 2 is 0.957 bits per heavy atom. The maximum atomic E-state index is 9.59. The van der Waals surface area contributed by atoms with Crippen LogP contribution in [-0.2, 0) is 0 Å². The molecule has 23 heavy (non-hydrogen) atoms. The summed E-state index contributed by atoms with van der Waals surface area (Å²) >= 11 is 0. The molecule has 0 rings (SSSR count). The zero-order valence-electron chi connectivity index (χ0n) is 16.1. The number of rotatable bonds is 16. The Bertz CT molecular complexity index is 224. The van der Waals surface area contributed by atoms with Crippen molar-refractivity contribution in [2.45, 2.75) is 84.8 Å². The SMILES string of the molecule is CCCCN(CCCCCN(CCCC)CC(C)O)CC(C)O. The van der Waals surface area contributed by atoms with Crippen LogP contribution in [0.1, 0.15) is 72.6 Å². The van der Waals surface area contributed by atoms with Gasteiger partial charge in [0.25, 0.3) is 0 Å². The van der Waals surface area contributed by atoms with Crippen LogP contribution in [0.2, 0.25) is 0 Å². The lowest BCUT2D eigenvalue weighted by Gasteiger charge is -2.25. The van der Waals surface area contributed by atoms with Crippen LogP contribution in [0.3, 0.4) is 0 Å². The summed E-state index contributed by atoms with van der Waals surface area (Å²) in [6, 6.07) is 0. The highest BCUT2D eigenvalue weighted by Crippen LogP contribution is 2.05. The Morgan fingerprint density at radius 1 is 0.609 bits per heavy atom. The molecule has 0 amide bonds. The second-order valence-electron chi connectivity index (χ2n) is 7.07. The summed E-state index contributed by atoms with van der Waals surface area (Å²) in [5, 5.41) is 19.2. The topological polar surface area (TPSA) is 46.9 Å². The standard InChI is InChI=1S/C19H42N2O2/c1-5-7-12-20(16-18(3)22)14-10-9-11-15-21(13-8-6-2)17-19(4)23/h18-19,22-23H,5-17H2,1-4H3. The third-order valence-corrected chi connectivity index (χ3v) is 4.15. The smallest absolute Gasteiger partial charge is 0.0639 e. The average molecular weight is 331 g/mol. The molecule has 140 valence electrons. The highest BCUT2D eigenvalue weighted by molar-refractivity contribution is 4.64. The van der Waals surface area contributed by atoms with Gasteiger partial charge in [0.2, 0.25) is 0 Å². The molecule has 2 atom stereocenters. The minimum absolute atomic E-state index is 0.234. The van der Waals surface area contributed by atoms with Crippen molar-refractivity contribution in [3.8, 4) is 0 Å². The Hall–Kier alpha value is -0.160. The maximum absolute atomic E-state index is 9.59. The summed E-state index contributed by atoms with van der Waals surface area (Å²) in [4.78, 5) is 4.80. The molecular weight excluding hydrogens is 288 g/mol. The summed E-state index contributed by atoms with van der Waals surface area (Å²) in [5.41, 5.74) is 0. The molecule has 0 aromatic rings. The fourth-order valence-corrected chi connectivity index (χ4v) is 2.95. The molecule has 0 aliphatic carbocycles. The van der Waals surface area contributed by atoms with Crippen LogP contribution in [0.4, 0.5) is 0 Å². The largest absolute Gasteiger partial charge is 0.392 e. The van der Waals surface area contributed by atoms with Crippen molar-refractivity contribution in [1.29, 1.82) is 0 Å². The number of aliphatic hydroxyl groups is 2. The van der Waals surface area contributed by atoms with E-state index in [1.807, 2.05) is 13.8 Å². The van der Waals surface area contributed by atoms with E-state index in [9.17, 15) is 10.2 Å². The van der Waals surface area contributed by atoms with Crippen molar-refractivity contribution in [3.63, 3.8) is 0 Å². The van der Waals surface area contributed by atoms with E-state index < -0.39 is 0 Å². The Labute approximate surface area is 144 Å². The zero-order chi connectivity index (χ0) is 17.5. The first kappa shape index (κ1) is 22.8. The van der Waals surface area contributed by atoms with Gasteiger partial charge < -0.3 is 20.0 Å². The molecule has 0 radical (unpaired) electrons. The molecule has 0 spiro atoms. The maximum Gasteiger partial charge on any atom is 0.0639 e. The van der Waals surface area contributed by atoms with Gasteiger partial charge in [0.05, 0.1) is 12.2 Å². The van der Waals surface area contributed by atoms with Crippen LogP contribution in [0.15, 0.2) is 0 Å². The lowest BCUT2D eigenvalue weighted by Crippen LogP contribution is -2.34. The summed E-state index contributed by atoms with van der Waals surface area (Å²) < 4.78 is 0. The summed E-state index contributed by atoms with van der Waals surface area (Å²) in [6.45, 7) is 14.2. The van der Waals surface area contributed by atoms with E-state index in [2.05, 4.69) is 23.6 Å². The second-order valence-corrected chi connectivity index (χ2v) is 7.07. The lowest BCUT2D eigenvalue weighted by molar-refractivity contribution is 0.119. The normalized spacial score (nSPS) is 14.6. The third-order valence-electron chi connectivity index (χ3n) is 4.15.